The number of hydrogen-bond acceptors (Lipinski definition) is 2. The van der Waals surface area contributed by atoms with Crippen LogP contribution in [0.15, 0.2) is 29.5 Å². The first-order valence-electron chi connectivity index (χ1n) is 6.26. The normalized spacial score (nSPS) is 18.1. The Hall–Kier alpha value is -1.30. The molecule has 21 heavy (non-hydrogen) atoms. The number of halogens is 2. The molecule has 1 aliphatic heterocycles. The summed E-state index contributed by atoms with van der Waals surface area (Å²) in [6, 6.07) is 4.90. The van der Waals surface area contributed by atoms with Crippen LogP contribution in [0.2, 0.25) is 10.0 Å². The van der Waals surface area contributed by atoms with Crippen molar-refractivity contribution in [2.45, 2.75) is 13.0 Å². The summed E-state index contributed by atoms with van der Waals surface area (Å²) in [6.07, 6.45) is 0. The quantitative estimate of drug-likeness (QED) is 0.810. The van der Waals surface area contributed by atoms with Gasteiger partial charge in [-0.25, -0.2) is 0 Å². The van der Waals surface area contributed by atoms with Gasteiger partial charge in [0.25, 0.3) is 5.91 Å². The van der Waals surface area contributed by atoms with Gasteiger partial charge in [-0.05, 0) is 30.8 Å². The Morgan fingerprint density at radius 1 is 1.33 bits per heavy atom. The zero-order chi connectivity index (χ0) is 15.7. The smallest absolute Gasteiger partial charge is 0.253 e. The highest BCUT2D eigenvalue weighted by molar-refractivity contribution is 7.80. The van der Waals surface area contributed by atoms with Crippen molar-refractivity contribution in [3.63, 3.8) is 0 Å². The maximum absolute atomic E-state index is 12.5. The van der Waals surface area contributed by atoms with E-state index in [1.165, 1.54) is 4.90 Å². The van der Waals surface area contributed by atoms with Gasteiger partial charge in [-0.15, -0.1) is 0 Å². The average Bonchev–Trinajstić information content (AvgIpc) is 2.40. The van der Waals surface area contributed by atoms with Gasteiger partial charge < -0.3 is 15.5 Å². The molecule has 4 nitrogen and oxygen atoms in total. The number of rotatable bonds is 2. The molecule has 1 aromatic rings. The average molecular weight is 344 g/mol. The number of amides is 1. The molecule has 1 heterocycles. The third kappa shape index (κ3) is 3.15. The first-order valence-corrected chi connectivity index (χ1v) is 7.43. The van der Waals surface area contributed by atoms with Crippen LogP contribution >= 0.6 is 35.4 Å². The monoisotopic (exact) mass is 343 g/mol. The number of carbonyl (C=O) groups is 1. The molecule has 0 fully saturated rings. The number of benzene rings is 1. The standard InChI is InChI=1S/C14H15Cl2N3OS/c1-7-10(13(20)19(2)3)12(18-14(21)17-7)8-5-4-6-9(15)11(8)16/h4-6,12H,1-3H3,(H2,17,18,21)/t12-/m0/s1. The molecule has 2 N–H and O–H groups in total. The van der Waals surface area contributed by atoms with Crippen molar-refractivity contribution in [3.8, 4) is 0 Å². The van der Waals surface area contributed by atoms with E-state index in [-0.39, 0.29) is 5.91 Å². The molecule has 0 spiro atoms. The van der Waals surface area contributed by atoms with Gasteiger partial charge in [-0.1, -0.05) is 35.3 Å². The van der Waals surface area contributed by atoms with E-state index < -0.39 is 6.04 Å². The maximum atomic E-state index is 12.5. The van der Waals surface area contributed by atoms with Crippen LogP contribution < -0.4 is 10.6 Å². The molecule has 1 aromatic carbocycles. The summed E-state index contributed by atoms with van der Waals surface area (Å²) in [6.45, 7) is 1.81. The lowest BCUT2D eigenvalue weighted by molar-refractivity contribution is -0.125. The third-order valence-electron chi connectivity index (χ3n) is 3.20. The zero-order valence-electron chi connectivity index (χ0n) is 11.8. The van der Waals surface area contributed by atoms with E-state index in [2.05, 4.69) is 10.6 Å². The van der Waals surface area contributed by atoms with E-state index in [4.69, 9.17) is 35.4 Å². The number of hydrogen-bond donors (Lipinski definition) is 2. The van der Waals surface area contributed by atoms with E-state index in [1.54, 1.807) is 26.2 Å². The molecule has 0 saturated heterocycles. The molecular formula is C14H15Cl2N3OS. The lowest BCUT2D eigenvalue weighted by Gasteiger charge is -2.32. The van der Waals surface area contributed by atoms with Gasteiger partial charge in [0.05, 0.1) is 21.7 Å². The fourth-order valence-corrected chi connectivity index (χ4v) is 2.88. The molecule has 1 aliphatic rings. The Labute approximate surface area is 139 Å². The molecule has 2 rings (SSSR count). The molecule has 0 aliphatic carbocycles. The lowest BCUT2D eigenvalue weighted by Crippen LogP contribution is -2.46. The summed E-state index contributed by atoms with van der Waals surface area (Å²) >= 11 is 17.5. The van der Waals surface area contributed by atoms with Crippen molar-refractivity contribution in [3.05, 3.63) is 45.1 Å². The predicted molar refractivity (Wildman–Crippen MR) is 89.5 cm³/mol. The molecule has 0 bridgehead atoms. The summed E-state index contributed by atoms with van der Waals surface area (Å²) < 4.78 is 0. The van der Waals surface area contributed by atoms with E-state index in [0.29, 0.717) is 26.4 Å². The molecule has 0 unspecified atom stereocenters. The highest BCUT2D eigenvalue weighted by Gasteiger charge is 2.32. The Bertz CT molecular complexity index is 643. The highest BCUT2D eigenvalue weighted by Crippen LogP contribution is 2.35. The summed E-state index contributed by atoms with van der Waals surface area (Å²) in [5.41, 5.74) is 1.99. The second-order valence-corrected chi connectivity index (χ2v) is 6.11. The molecule has 0 aromatic heterocycles. The predicted octanol–water partition coefficient (Wildman–Crippen LogP) is 2.87. The van der Waals surface area contributed by atoms with Crippen LogP contribution in [0.5, 0.6) is 0 Å². The molecule has 1 atom stereocenters. The number of thiocarbonyl (C=S) groups is 1. The number of carbonyl (C=O) groups excluding carboxylic acids is 1. The SMILES string of the molecule is CC1=C(C(=O)N(C)C)[C@H](c2cccc(Cl)c2Cl)NC(=S)N1. The van der Waals surface area contributed by atoms with Crippen molar-refractivity contribution in [1.29, 1.82) is 0 Å². The molecule has 112 valence electrons. The minimum atomic E-state index is -0.431. The van der Waals surface area contributed by atoms with Crippen molar-refractivity contribution in [2.75, 3.05) is 14.1 Å². The number of nitrogens with one attached hydrogen (secondary N) is 2. The molecular weight excluding hydrogens is 329 g/mol. The molecule has 1 amide bonds. The fraction of sp³-hybridized carbons (Fsp3) is 0.286. The minimum Gasteiger partial charge on any atom is -0.351 e. The van der Waals surface area contributed by atoms with Crippen LogP contribution in [0.4, 0.5) is 0 Å². The van der Waals surface area contributed by atoms with E-state index >= 15 is 0 Å². The third-order valence-corrected chi connectivity index (χ3v) is 4.25. The molecule has 0 saturated carbocycles. The van der Waals surface area contributed by atoms with Crippen LogP contribution in [-0.4, -0.2) is 30.0 Å². The largest absolute Gasteiger partial charge is 0.351 e. The number of nitrogens with zero attached hydrogens (tertiary/aromatic N) is 1. The summed E-state index contributed by atoms with van der Waals surface area (Å²) in [4.78, 5) is 14.0. The molecule has 7 heteroatoms. The van der Waals surface area contributed by atoms with Gasteiger partial charge in [-0.3, -0.25) is 4.79 Å². The van der Waals surface area contributed by atoms with Crippen molar-refractivity contribution in [1.82, 2.24) is 15.5 Å². The van der Waals surface area contributed by atoms with Crippen molar-refractivity contribution in [2.24, 2.45) is 0 Å². The lowest BCUT2D eigenvalue weighted by atomic mass is 9.94. The second kappa shape index (κ2) is 6.22. The Kier molecular flexibility index (Phi) is 4.76. The van der Waals surface area contributed by atoms with Crippen LogP contribution in [0.3, 0.4) is 0 Å². The summed E-state index contributed by atoms with van der Waals surface area (Å²) in [5.74, 6) is -0.115. The van der Waals surface area contributed by atoms with E-state index in [0.717, 1.165) is 5.56 Å². The fourth-order valence-electron chi connectivity index (χ4n) is 2.19. The Balaban J connectivity index is 2.58. The molecule has 0 radical (unpaired) electrons. The Morgan fingerprint density at radius 2 is 2.00 bits per heavy atom. The van der Waals surface area contributed by atoms with Gasteiger partial charge in [0.15, 0.2) is 5.11 Å². The maximum Gasteiger partial charge on any atom is 0.253 e. The van der Waals surface area contributed by atoms with Gasteiger partial charge in [0.2, 0.25) is 0 Å². The van der Waals surface area contributed by atoms with Crippen molar-refractivity contribution >= 4 is 46.4 Å². The first-order chi connectivity index (χ1) is 9.82. The zero-order valence-corrected chi connectivity index (χ0v) is 14.2. The Morgan fingerprint density at radius 3 is 2.62 bits per heavy atom. The van der Waals surface area contributed by atoms with Crippen LogP contribution in [0.1, 0.15) is 18.5 Å². The van der Waals surface area contributed by atoms with Gasteiger partial charge in [0, 0.05) is 19.8 Å². The first kappa shape index (κ1) is 16.1. The summed E-state index contributed by atoms with van der Waals surface area (Å²) in [5, 5.41) is 7.37. The summed E-state index contributed by atoms with van der Waals surface area (Å²) in [7, 11) is 3.40. The topological polar surface area (TPSA) is 44.4 Å². The van der Waals surface area contributed by atoms with Crippen molar-refractivity contribution < 1.29 is 4.79 Å². The van der Waals surface area contributed by atoms with Crippen LogP contribution in [-0.2, 0) is 4.79 Å². The second-order valence-electron chi connectivity index (χ2n) is 4.91. The van der Waals surface area contributed by atoms with Gasteiger partial charge in [-0.2, -0.15) is 0 Å². The van der Waals surface area contributed by atoms with Gasteiger partial charge >= 0.3 is 0 Å². The van der Waals surface area contributed by atoms with Crippen LogP contribution in [0, 0.1) is 0 Å². The van der Waals surface area contributed by atoms with E-state index in [9.17, 15) is 4.79 Å². The number of allylic oxidation sites excluding steroid dienone is 1. The minimum absolute atomic E-state index is 0.115. The number of likely N-dealkylation sites (N-methyl/N-ethyl adjacent to an activating group) is 1. The van der Waals surface area contributed by atoms with E-state index in [1.807, 2.05) is 13.0 Å². The van der Waals surface area contributed by atoms with Crippen LogP contribution in [0.25, 0.3) is 0 Å². The highest BCUT2D eigenvalue weighted by atomic mass is 35.5. The van der Waals surface area contributed by atoms with Gasteiger partial charge in [0.1, 0.15) is 0 Å².